The first kappa shape index (κ1) is 12.6. The smallest absolute Gasteiger partial charge is 0.162 e. The summed E-state index contributed by atoms with van der Waals surface area (Å²) < 4.78 is 10.4. The van der Waals surface area contributed by atoms with Crippen LogP contribution < -0.4 is 9.47 Å². The second-order valence-corrected chi connectivity index (χ2v) is 3.47. The zero-order valence-electron chi connectivity index (χ0n) is 9.58. The second kappa shape index (κ2) is 5.56. The lowest BCUT2D eigenvalue weighted by Gasteiger charge is -2.11. The third-order valence-corrected chi connectivity index (χ3v) is 2.27. The number of rotatable bonds is 4. The first-order chi connectivity index (χ1) is 7.63. The van der Waals surface area contributed by atoms with E-state index in [2.05, 4.69) is 11.6 Å². The van der Waals surface area contributed by atoms with E-state index in [0.29, 0.717) is 22.2 Å². The molecule has 1 rings (SSSR count). The van der Waals surface area contributed by atoms with Gasteiger partial charge in [-0.3, -0.25) is 4.99 Å². The molecule has 0 aliphatic heterocycles. The Hall–Kier alpha value is -1.48. The average molecular weight is 240 g/mol. The van der Waals surface area contributed by atoms with Crippen molar-refractivity contribution in [1.29, 1.82) is 0 Å². The van der Waals surface area contributed by atoms with Crippen LogP contribution in [0.5, 0.6) is 11.5 Å². The number of benzene rings is 1. The SMILES string of the molecule is C=C(Cl)c1cc(OC)c(OC)cc1N=CC. The summed E-state index contributed by atoms with van der Waals surface area (Å²) in [5.74, 6) is 1.22. The summed E-state index contributed by atoms with van der Waals surface area (Å²) in [4.78, 5) is 4.21. The number of hydrogen-bond acceptors (Lipinski definition) is 3. The van der Waals surface area contributed by atoms with Gasteiger partial charge in [0.1, 0.15) is 0 Å². The molecule has 0 aromatic heterocycles. The highest BCUT2D eigenvalue weighted by Crippen LogP contribution is 2.38. The molecule has 1 aromatic carbocycles. The lowest BCUT2D eigenvalue weighted by Crippen LogP contribution is -1.92. The monoisotopic (exact) mass is 239 g/mol. The molecule has 0 N–H and O–H groups in total. The molecule has 0 aliphatic rings. The molecular weight excluding hydrogens is 226 g/mol. The van der Waals surface area contributed by atoms with Crippen LogP contribution in [-0.2, 0) is 0 Å². The van der Waals surface area contributed by atoms with E-state index in [1.54, 1.807) is 32.6 Å². The fraction of sp³-hybridized carbons (Fsp3) is 0.250. The molecule has 0 atom stereocenters. The Kier molecular flexibility index (Phi) is 4.38. The van der Waals surface area contributed by atoms with Gasteiger partial charge < -0.3 is 9.47 Å². The van der Waals surface area contributed by atoms with Gasteiger partial charge in [0.05, 0.1) is 19.9 Å². The number of aliphatic imine (C=N–C) groups is 1. The van der Waals surface area contributed by atoms with E-state index in [-0.39, 0.29) is 0 Å². The number of nitrogens with zero attached hydrogens (tertiary/aromatic N) is 1. The Morgan fingerprint density at radius 1 is 1.31 bits per heavy atom. The van der Waals surface area contributed by atoms with Gasteiger partial charge in [0.15, 0.2) is 11.5 Å². The Balaban J connectivity index is 3.41. The van der Waals surface area contributed by atoms with Crippen LogP contribution in [-0.4, -0.2) is 20.4 Å². The highest BCUT2D eigenvalue weighted by atomic mass is 35.5. The Morgan fingerprint density at radius 2 is 1.88 bits per heavy atom. The molecule has 4 heteroatoms. The minimum Gasteiger partial charge on any atom is -0.493 e. The normalized spacial score (nSPS) is 10.5. The van der Waals surface area contributed by atoms with E-state index in [1.165, 1.54) is 0 Å². The van der Waals surface area contributed by atoms with Crippen molar-refractivity contribution >= 4 is 28.5 Å². The summed E-state index contributed by atoms with van der Waals surface area (Å²) in [6.45, 7) is 5.53. The minimum atomic E-state index is 0.418. The predicted octanol–water partition coefficient (Wildman–Crippen LogP) is 3.64. The zero-order chi connectivity index (χ0) is 12.1. The van der Waals surface area contributed by atoms with Gasteiger partial charge in [0, 0.05) is 22.9 Å². The van der Waals surface area contributed by atoms with Gasteiger partial charge in [-0.25, -0.2) is 0 Å². The molecule has 0 bridgehead atoms. The van der Waals surface area contributed by atoms with Gasteiger partial charge in [0.25, 0.3) is 0 Å². The largest absolute Gasteiger partial charge is 0.493 e. The van der Waals surface area contributed by atoms with Crippen LogP contribution in [0.2, 0.25) is 0 Å². The fourth-order valence-corrected chi connectivity index (χ4v) is 1.48. The maximum Gasteiger partial charge on any atom is 0.162 e. The molecule has 0 unspecified atom stereocenters. The first-order valence-electron chi connectivity index (χ1n) is 4.73. The van der Waals surface area contributed by atoms with Crippen molar-refractivity contribution in [1.82, 2.24) is 0 Å². The third-order valence-electron chi connectivity index (χ3n) is 2.06. The van der Waals surface area contributed by atoms with E-state index in [0.717, 1.165) is 5.56 Å². The van der Waals surface area contributed by atoms with E-state index in [9.17, 15) is 0 Å². The highest BCUT2D eigenvalue weighted by Gasteiger charge is 2.11. The maximum atomic E-state index is 5.90. The van der Waals surface area contributed by atoms with Gasteiger partial charge >= 0.3 is 0 Å². The van der Waals surface area contributed by atoms with Crippen molar-refractivity contribution in [3.8, 4) is 11.5 Å². The molecule has 3 nitrogen and oxygen atoms in total. The Bertz CT molecular complexity index is 427. The molecule has 0 saturated heterocycles. The molecule has 86 valence electrons. The lowest BCUT2D eigenvalue weighted by molar-refractivity contribution is 0.355. The molecule has 0 radical (unpaired) electrons. The molecule has 1 aromatic rings. The van der Waals surface area contributed by atoms with E-state index < -0.39 is 0 Å². The molecule has 0 aliphatic carbocycles. The van der Waals surface area contributed by atoms with E-state index >= 15 is 0 Å². The van der Waals surface area contributed by atoms with Crippen molar-refractivity contribution in [2.75, 3.05) is 14.2 Å². The van der Waals surface area contributed by atoms with Crippen molar-refractivity contribution in [3.63, 3.8) is 0 Å². The first-order valence-corrected chi connectivity index (χ1v) is 5.11. The topological polar surface area (TPSA) is 30.8 Å². The average Bonchev–Trinajstić information content (AvgIpc) is 2.28. The van der Waals surface area contributed by atoms with Gasteiger partial charge in [-0.05, 0) is 13.0 Å². The van der Waals surface area contributed by atoms with Gasteiger partial charge in [-0.15, -0.1) is 0 Å². The van der Waals surface area contributed by atoms with Crippen molar-refractivity contribution < 1.29 is 9.47 Å². The summed E-state index contributed by atoms with van der Waals surface area (Å²) in [6.07, 6.45) is 1.69. The van der Waals surface area contributed by atoms with Crippen LogP contribution in [0, 0.1) is 0 Å². The Morgan fingerprint density at radius 3 is 2.31 bits per heavy atom. The van der Waals surface area contributed by atoms with Crippen LogP contribution in [0.25, 0.3) is 5.03 Å². The van der Waals surface area contributed by atoms with Crippen LogP contribution in [0.15, 0.2) is 23.7 Å². The summed E-state index contributed by atoms with van der Waals surface area (Å²) in [5, 5.41) is 0.418. The highest BCUT2D eigenvalue weighted by molar-refractivity contribution is 6.48. The number of methoxy groups -OCH3 is 2. The van der Waals surface area contributed by atoms with E-state index in [1.807, 2.05) is 6.92 Å². The molecule has 0 saturated carbocycles. The second-order valence-electron chi connectivity index (χ2n) is 3.02. The molecular formula is C12H14ClNO2. The summed E-state index contributed by atoms with van der Waals surface area (Å²) in [7, 11) is 3.15. The van der Waals surface area contributed by atoms with Crippen molar-refractivity contribution in [3.05, 3.63) is 24.3 Å². The maximum absolute atomic E-state index is 5.90. The van der Waals surface area contributed by atoms with E-state index in [4.69, 9.17) is 21.1 Å². The molecule has 0 fully saturated rings. The predicted molar refractivity (Wildman–Crippen MR) is 68.3 cm³/mol. The number of halogens is 1. The van der Waals surface area contributed by atoms with Crippen LogP contribution in [0.4, 0.5) is 5.69 Å². The minimum absolute atomic E-state index is 0.418. The quantitative estimate of drug-likeness (QED) is 0.751. The standard InChI is InChI=1S/C12H14ClNO2/c1-5-14-10-7-12(16-4)11(15-3)6-9(10)8(2)13/h5-7H,2H2,1,3-4H3. The molecule has 0 amide bonds. The Labute approximate surface area is 100 Å². The summed E-state index contributed by atoms with van der Waals surface area (Å²) >= 11 is 5.90. The van der Waals surface area contributed by atoms with Gasteiger partial charge in [0.2, 0.25) is 0 Å². The van der Waals surface area contributed by atoms with Gasteiger partial charge in [-0.2, -0.15) is 0 Å². The molecule has 0 heterocycles. The summed E-state index contributed by atoms with van der Waals surface area (Å²) in [6, 6.07) is 3.53. The molecule has 16 heavy (non-hydrogen) atoms. The van der Waals surface area contributed by atoms with Crippen LogP contribution >= 0.6 is 11.6 Å². The van der Waals surface area contributed by atoms with Crippen molar-refractivity contribution in [2.45, 2.75) is 6.92 Å². The van der Waals surface area contributed by atoms with Crippen LogP contribution in [0.1, 0.15) is 12.5 Å². The number of hydrogen-bond donors (Lipinski definition) is 0. The molecule has 0 spiro atoms. The fourth-order valence-electron chi connectivity index (χ4n) is 1.33. The lowest BCUT2D eigenvalue weighted by atomic mass is 10.1. The van der Waals surface area contributed by atoms with Crippen molar-refractivity contribution in [2.24, 2.45) is 4.99 Å². The van der Waals surface area contributed by atoms with Gasteiger partial charge in [-0.1, -0.05) is 18.2 Å². The van der Waals surface area contributed by atoms with Crippen LogP contribution in [0.3, 0.4) is 0 Å². The summed E-state index contributed by atoms with van der Waals surface area (Å²) in [5.41, 5.74) is 1.44. The number of ether oxygens (including phenoxy) is 2. The third kappa shape index (κ3) is 2.55. The zero-order valence-corrected chi connectivity index (χ0v) is 10.3.